The van der Waals surface area contributed by atoms with Crippen molar-refractivity contribution >= 4 is 12.1 Å². The number of rotatable bonds is 7. The van der Waals surface area contributed by atoms with Crippen LogP contribution in [0.5, 0.6) is 5.75 Å². The van der Waals surface area contributed by atoms with Crippen molar-refractivity contribution in [3.05, 3.63) is 29.8 Å². The smallest absolute Gasteiger partial charge is 0.246 e. The van der Waals surface area contributed by atoms with Gasteiger partial charge in [0.15, 0.2) is 0 Å². The quantitative estimate of drug-likeness (QED) is 0.556. The van der Waals surface area contributed by atoms with E-state index >= 15 is 0 Å². The first-order valence-corrected chi connectivity index (χ1v) is 10.6. The van der Waals surface area contributed by atoms with Crippen molar-refractivity contribution in [1.82, 2.24) is 5.43 Å². The molecule has 1 aromatic carbocycles. The second-order valence-corrected chi connectivity index (χ2v) is 9.50. The van der Waals surface area contributed by atoms with Crippen LogP contribution >= 0.6 is 0 Å². The number of nitrogens with one attached hydrogen (secondary N) is 1. The molecular formula is C23H32N2O2. The third kappa shape index (κ3) is 4.20. The normalized spacial score (nSPS) is 31.6. The van der Waals surface area contributed by atoms with Crippen molar-refractivity contribution in [3.8, 4) is 5.75 Å². The van der Waals surface area contributed by atoms with Gasteiger partial charge >= 0.3 is 0 Å². The fourth-order valence-electron chi connectivity index (χ4n) is 5.74. The van der Waals surface area contributed by atoms with Crippen molar-refractivity contribution in [2.45, 2.75) is 58.8 Å². The summed E-state index contributed by atoms with van der Waals surface area (Å²) >= 11 is 0. The van der Waals surface area contributed by atoms with Crippen LogP contribution in [0, 0.1) is 29.1 Å². The third-order valence-electron chi connectivity index (χ3n) is 6.74. The Labute approximate surface area is 162 Å². The summed E-state index contributed by atoms with van der Waals surface area (Å²) in [6, 6.07) is 7.88. The monoisotopic (exact) mass is 368 g/mol. The molecule has 4 aliphatic carbocycles. The molecule has 0 spiro atoms. The molecule has 0 radical (unpaired) electrons. The summed E-state index contributed by atoms with van der Waals surface area (Å²) in [5.74, 6) is 3.99. The van der Waals surface area contributed by atoms with Crippen molar-refractivity contribution in [2.75, 3.05) is 6.61 Å². The molecule has 27 heavy (non-hydrogen) atoms. The zero-order chi connectivity index (χ0) is 18.9. The third-order valence-corrected chi connectivity index (χ3v) is 6.74. The van der Waals surface area contributed by atoms with Crippen LogP contribution in [0.4, 0.5) is 0 Å². The van der Waals surface area contributed by atoms with Crippen LogP contribution < -0.4 is 10.2 Å². The second-order valence-electron chi connectivity index (χ2n) is 9.50. The molecule has 4 nitrogen and oxygen atoms in total. The first-order chi connectivity index (χ1) is 13.0. The van der Waals surface area contributed by atoms with Gasteiger partial charge in [-0.25, -0.2) is 5.43 Å². The highest BCUT2D eigenvalue weighted by Gasteiger charge is 2.54. The molecule has 4 heteroatoms. The Morgan fingerprint density at radius 2 is 1.74 bits per heavy atom. The first-order valence-electron chi connectivity index (χ1n) is 10.6. The van der Waals surface area contributed by atoms with Crippen LogP contribution in [-0.2, 0) is 4.79 Å². The Balaban J connectivity index is 1.29. The van der Waals surface area contributed by atoms with Gasteiger partial charge in [0.05, 0.1) is 18.2 Å². The Bertz CT molecular complexity index is 658. The largest absolute Gasteiger partial charge is 0.494 e. The molecule has 0 saturated heterocycles. The molecule has 0 heterocycles. The number of amides is 1. The van der Waals surface area contributed by atoms with Gasteiger partial charge in [-0.15, -0.1) is 0 Å². The highest BCUT2D eigenvalue weighted by Crippen LogP contribution is 2.60. The molecule has 146 valence electrons. The van der Waals surface area contributed by atoms with E-state index in [1.165, 1.54) is 19.3 Å². The average Bonchev–Trinajstić information content (AvgIpc) is 2.61. The maximum absolute atomic E-state index is 12.9. The summed E-state index contributed by atoms with van der Waals surface area (Å²) < 4.78 is 5.74. The van der Waals surface area contributed by atoms with Gasteiger partial charge in [-0.1, -0.05) is 13.8 Å². The molecule has 4 saturated carbocycles. The number of carbonyl (C=O) groups is 1. The summed E-state index contributed by atoms with van der Waals surface area (Å²) in [5.41, 5.74) is 3.68. The summed E-state index contributed by atoms with van der Waals surface area (Å²) in [6.45, 7) is 5.13. The van der Waals surface area contributed by atoms with E-state index in [0.717, 1.165) is 61.4 Å². The topological polar surface area (TPSA) is 50.7 Å². The molecule has 1 N–H and O–H groups in total. The maximum atomic E-state index is 12.9. The van der Waals surface area contributed by atoms with Crippen LogP contribution in [0.15, 0.2) is 29.4 Å². The lowest BCUT2D eigenvalue weighted by atomic mass is 9.49. The van der Waals surface area contributed by atoms with Gasteiger partial charge in [0.25, 0.3) is 0 Å². The number of benzene rings is 1. The zero-order valence-electron chi connectivity index (χ0n) is 16.6. The SMILES string of the molecule is CC(C)CCOc1ccc(/C=N/NC(=O)C23CC4CC(CC(C4)C2)C3)cc1. The number of ether oxygens (including phenoxy) is 1. The number of hydrogen-bond donors (Lipinski definition) is 1. The molecule has 1 aromatic rings. The lowest BCUT2D eigenvalue weighted by Crippen LogP contribution is -2.52. The van der Waals surface area contributed by atoms with E-state index in [1.54, 1.807) is 6.21 Å². The summed E-state index contributed by atoms with van der Waals surface area (Å²) in [6.07, 6.45) is 10.0. The van der Waals surface area contributed by atoms with Gasteiger partial charge in [-0.2, -0.15) is 5.10 Å². The van der Waals surface area contributed by atoms with E-state index in [2.05, 4.69) is 24.4 Å². The Morgan fingerprint density at radius 3 is 2.30 bits per heavy atom. The first kappa shape index (κ1) is 18.5. The molecular weight excluding hydrogens is 336 g/mol. The fraction of sp³-hybridized carbons (Fsp3) is 0.652. The zero-order valence-corrected chi connectivity index (χ0v) is 16.6. The summed E-state index contributed by atoms with van der Waals surface area (Å²) in [4.78, 5) is 12.9. The molecule has 4 fully saturated rings. The predicted molar refractivity (Wildman–Crippen MR) is 108 cm³/mol. The second kappa shape index (κ2) is 7.65. The molecule has 0 aromatic heterocycles. The predicted octanol–water partition coefficient (Wildman–Crippen LogP) is 4.78. The van der Waals surface area contributed by atoms with Crippen LogP contribution in [-0.4, -0.2) is 18.7 Å². The number of nitrogens with zero attached hydrogens (tertiary/aromatic N) is 1. The Morgan fingerprint density at radius 1 is 1.15 bits per heavy atom. The standard InChI is InChI=1S/C23H32N2O2/c1-16(2)7-8-27-21-5-3-17(4-6-21)15-24-25-22(26)23-12-18-9-19(13-23)11-20(10-18)14-23/h3-6,15-16,18-20H,7-14H2,1-2H3,(H,25,26)/b24-15+. The van der Waals surface area contributed by atoms with E-state index in [4.69, 9.17) is 4.74 Å². The van der Waals surface area contributed by atoms with E-state index in [1.807, 2.05) is 24.3 Å². The lowest BCUT2D eigenvalue weighted by Gasteiger charge is -2.55. The van der Waals surface area contributed by atoms with E-state index < -0.39 is 0 Å². The van der Waals surface area contributed by atoms with Crippen LogP contribution in [0.1, 0.15) is 64.4 Å². The summed E-state index contributed by atoms with van der Waals surface area (Å²) in [7, 11) is 0. The molecule has 1 amide bonds. The van der Waals surface area contributed by atoms with Gasteiger partial charge in [-0.3, -0.25) is 4.79 Å². The van der Waals surface area contributed by atoms with Crippen LogP contribution in [0.2, 0.25) is 0 Å². The molecule has 4 aliphatic rings. The Kier molecular flexibility index (Phi) is 5.25. The minimum atomic E-state index is -0.139. The molecule has 0 aliphatic heterocycles. The van der Waals surface area contributed by atoms with E-state index in [9.17, 15) is 4.79 Å². The molecule has 0 atom stereocenters. The van der Waals surface area contributed by atoms with Crippen LogP contribution in [0.3, 0.4) is 0 Å². The van der Waals surface area contributed by atoms with Gasteiger partial charge in [0.1, 0.15) is 5.75 Å². The minimum absolute atomic E-state index is 0.139. The van der Waals surface area contributed by atoms with Crippen molar-refractivity contribution in [3.63, 3.8) is 0 Å². The molecule has 5 rings (SSSR count). The van der Waals surface area contributed by atoms with Crippen molar-refractivity contribution in [1.29, 1.82) is 0 Å². The van der Waals surface area contributed by atoms with Gasteiger partial charge < -0.3 is 4.74 Å². The van der Waals surface area contributed by atoms with E-state index in [0.29, 0.717) is 5.92 Å². The van der Waals surface area contributed by atoms with Crippen LogP contribution in [0.25, 0.3) is 0 Å². The van der Waals surface area contributed by atoms with Gasteiger partial charge in [0.2, 0.25) is 5.91 Å². The number of hydrazone groups is 1. The van der Waals surface area contributed by atoms with E-state index in [-0.39, 0.29) is 11.3 Å². The Hall–Kier alpha value is -1.84. The number of carbonyl (C=O) groups excluding carboxylic acids is 1. The number of hydrogen-bond acceptors (Lipinski definition) is 3. The van der Waals surface area contributed by atoms with Gasteiger partial charge in [0, 0.05) is 0 Å². The highest BCUT2D eigenvalue weighted by molar-refractivity contribution is 5.85. The van der Waals surface area contributed by atoms with Crippen molar-refractivity contribution < 1.29 is 9.53 Å². The fourth-order valence-corrected chi connectivity index (χ4v) is 5.74. The lowest BCUT2D eigenvalue weighted by molar-refractivity contribution is -0.146. The molecule has 0 unspecified atom stereocenters. The van der Waals surface area contributed by atoms with Crippen molar-refractivity contribution in [2.24, 2.45) is 34.2 Å². The molecule has 4 bridgehead atoms. The summed E-state index contributed by atoms with van der Waals surface area (Å²) in [5, 5.41) is 4.25. The van der Waals surface area contributed by atoms with Gasteiger partial charge in [-0.05, 0) is 98.4 Å². The highest BCUT2D eigenvalue weighted by atomic mass is 16.5. The average molecular weight is 369 g/mol. The maximum Gasteiger partial charge on any atom is 0.246 e. The minimum Gasteiger partial charge on any atom is -0.494 e.